The van der Waals surface area contributed by atoms with E-state index in [1.807, 2.05) is 0 Å². The number of ether oxygens (including phenoxy) is 1. The van der Waals surface area contributed by atoms with Crippen LogP contribution in [0.2, 0.25) is 0 Å². The maximum atomic E-state index is 14.9. The summed E-state index contributed by atoms with van der Waals surface area (Å²) in [6, 6.07) is 2.56. The van der Waals surface area contributed by atoms with Gasteiger partial charge in [-0.05, 0) is 12.1 Å². The lowest BCUT2D eigenvalue weighted by molar-refractivity contribution is -0.121. The van der Waals surface area contributed by atoms with Crippen molar-refractivity contribution in [2.24, 2.45) is 11.0 Å². The Labute approximate surface area is 160 Å². The highest BCUT2D eigenvalue weighted by Gasteiger charge is 2.32. The number of benzene rings is 1. The van der Waals surface area contributed by atoms with Gasteiger partial charge >= 0.3 is 0 Å². The summed E-state index contributed by atoms with van der Waals surface area (Å²) in [4.78, 5) is 11.3. The average Bonchev–Trinajstić information content (AvgIpc) is 2.59. The zero-order valence-corrected chi connectivity index (χ0v) is 15.7. The highest BCUT2D eigenvalue weighted by molar-refractivity contribution is 7.85. The van der Waals surface area contributed by atoms with E-state index in [4.69, 9.17) is 9.29 Å². The molecule has 1 unspecified atom stereocenters. The summed E-state index contributed by atoms with van der Waals surface area (Å²) in [6.07, 6.45) is 0.0703. The molecule has 0 fully saturated rings. The van der Waals surface area contributed by atoms with Crippen molar-refractivity contribution in [2.75, 3.05) is 12.4 Å². The number of hydrogen-bond acceptors (Lipinski definition) is 5. The number of nitrogens with zero attached hydrogens (tertiary/aromatic N) is 1. The molecule has 7 nitrogen and oxygen atoms in total. The highest BCUT2D eigenvalue weighted by Crippen LogP contribution is 2.30. The van der Waals surface area contributed by atoms with Crippen LogP contribution in [-0.2, 0) is 14.9 Å². The molecule has 0 radical (unpaired) electrons. The third-order valence-electron chi connectivity index (χ3n) is 4.04. The molecule has 0 spiro atoms. The van der Waals surface area contributed by atoms with Crippen molar-refractivity contribution >= 4 is 27.8 Å². The smallest absolute Gasteiger partial charge is 0.282 e. The van der Waals surface area contributed by atoms with E-state index in [9.17, 15) is 26.4 Å². The lowest BCUT2D eigenvalue weighted by Gasteiger charge is -2.21. The first-order valence-corrected chi connectivity index (χ1v) is 9.82. The topological polar surface area (TPSA) is 105 Å². The highest BCUT2D eigenvalue weighted by atomic mass is 32.2. The molecule has 1 aliphatic heterocycles. The van der Waals surface area contributed by atoms with Gasteiger partial charge in [-0.2, -0.15) is 13.5 Å². The SMILES string of the molecule is C=Cc1c(OCC(F)(F)CCS(=O)(=O)O)ccc(C2=NNC(=O)CC2C)c1F. The Hall–Kier alpha value is -2.40. The van der Waals surface area contributed by atoms with Gasteiger partial charge in [0.2, 0.25) is 5.91 Å². The molecule has 1 heterocycles. The van der Waals surface area contributed by atoms with Crippen molar-refractivity contribution in [3.8, 4) is 5.75 Å². The van der Waals surface area contributed by atoms with Gasteiger partial charge in [0.25, 0.3) is 16.0 Å². The Kier molecular flexibility index (Phi) is 6.50. The van der Waals surface area contributed by atoms with Crippen LogP contribution in [-0.4, -0.2) is 42.9 Å². The molecule has 1 aromatic carbocycles. The second-order valence-corrected chi connectivity index (χ2v) is 7.93. The number of hydrazone groups is 1. The number of carbonyl (C=O) groups is 1. The van der Waals surface area contributed by atoms with E-state index in [-0.39, 0.29) is 35.1 Å². The summed E-state index contributed by atoms with van der Waals surface area (Å²) in [7, 11) is -4.54. The zero-order valence-electron chi connectivity index (χ0n) is 14.9. The fourth-order valence-electron chi connectivity index (χ4n) is 2.60. The van der Waals surface area contributed by atoms with E-state index in [2.05, 4.69) is 17.1 Å². The third-order valence-corrected chi connectivity index (χ3v) is 4.76. The number of rotatable bonds is 8. The Morgan fingerprint density at radius 2 is 2.14 bits per heavy atom. The van der Waals surface area contributed by atoms with Gasteiger partial charge in [0.05, 0.1) is 17.0 Å². The minimum atomic E-state index is -4.54. The predicted octanol–water partition coefficient (Wildman–Crippen LogP) is 2.62. The van der Waals surface area contributed by atoms with Crippen molar-refractivity contribution < 1.29 is 35.7 Å². The number of amides is 1. The fraction of sp³-hybridized carbons (Fsp3) is 0.412. The van der Waals surface area contributed by atoms with Gasteiger partial charge in [-0.15, -0.1) is 0 Å². The van der Waals surface area contributed by atoms with Gasteiger partial charge in [0.1, 0.15) is 11.6 Å². The Balaban J connectivity index is 2.22. The lowest BCUT2D eigenvalue weighted by atomic mass is 9.92. The molecule has 1 aromatic rings. The van der Waals surface area contributed by atoms with Crippen molar-refractivity contribution in [2.45, 2.75) is 25.7 Å². The number of nitrogens with one attached hydrogen (secondary N) is 1. The van der Waals surface area contributed by atoms with E-state index < -0.39 is 40.6 Å². The predicted molar refractivity (Wildman–Crippen MR) is 96.4 cm³/mol. The van der Waals surface area contributed by atoms with Crippen molar-refractivity contribution in [1.29, 1.82) is 0 Å². The zero-order chi connectivity index (χ0) is 21.1. The van der Waals surface area contributed by atoms with Crippen LogP contribution in [0.5, 0.6) is 5.75 Å². The van der Waals surface area contributed by atoms with Crippen molar-refractivity contribution in [3.05, 3.63) is 35.7 Å². The van der Waals surface area contributed by atoms with Crippen LogP contribution >= 0.6 is 0 Å². The van der Waals surface area contributed by atoms with Crippen LogP contribution in [0.1, 0.15) is 30.9 Å². The average molecular weight is 420 g/mol. The number of alkyl halides is 2. The fourth-order valence-corrected chi connectivity index (χ4v) is 3.16. The summed E-state index contributed by atoms with van der Waals surface area (Å²) < 4.78 is 77.2. The van der Waals surface area contributed by atoms with Crippen LogP contribution in [0, 0.1) is 11.7 Å². The van der Waals surface area contributed by atoms with Crippen LogP contribution in [0.25, 0.3) is 6.08 Å². The monoisotopic (exact) mass is 420 g/mol. The molecule has 1 amide bonds. The van der Waals surface area contributed by atoms with Gasteiger partial charge in [-0.3, -0.25) is 9.35 Å². The minimum absolute atomic E-state index is 0.0767. The maximum absolute atomic E-state index is 14.9. The number of carbonyl (C=O) groups excluding carboxylic acids is 1. The second-order valence-electron chi connectivity index (χ2n) is 6.36. The van der Waals surface area contributed by atoms with Crippen molar-refractivity contribution in [1.82, 2.24) is 5.43 Å². The number of hydrogen-bond donors (Lipinski definition) is 2. The second kappa shape index (κ2) is 8.31. The quantitative estimate of drug-likeness (QED) is 0.629. The van der Waals surface area contributed by atoms with E-state index in [1.165, 1.54) is 12.1 Å². The molecule has 0 saturated carbocycles. The summed E-state index contributed by atoms with van der Waals surface area (Å²) in [6.45, 7) is 3.94. The normalized spacial score (nSPS) is 17.7. The first-order valence-electron chi connectivity index (χ1n) is 8.21. The molecule has 11 heteroatoms. The van der Waals surface area contributed by atoms with Crippen LogP contribution in [0.3, 0.4) is 0 Å². The summed E-state index contributed by atoms with van der Waals surface area (Å²) in [5.74, 6) is -6.35. The largest absolute Gasteiger partial charge is 0.487 e. The summed E-state index contributed by atoms with van der Waals surface area (Å²) in [5.41, 5.74) is 2.47. The summed E-state index contributed by atoms with van der Waals surface area (Å²) in [5, 5.41) is 3.86. The Bertz CT molecular complexity index is 916. The van der Waals surface area contributed by atoms with Gasteiger partial charge in [-0.1, -0.05) is 19.6 Å². The molecule has 154 valence electrons. The molecule has 0 aromatic heterocycles. The van der Waals surface area contributed by atoms with Crippen LogP contribution < -0.4 is 10.2 Å². The number of halogens is 3. The third kappa shape index (κ3) is 5.55. The lowest BCUT2D eigenvalue weighted by Crippen LogP contribution is -2.32. The van der Waals surface area contributed by atoms with E-state index in [0.717, 1.165) is 6.08 Å². The van der Waals surface area contributed by atoms with Crippen LogP contribution in [0.15, 0.2) is 23.8 Å². The van der Waals surface area contributed by atoms with E-state index in [1.54, 1.807) is 6.92 Å². The maximum Gasteiger partial charge on any atom is 0.282 e. The molecule has 2 N–H and O–H groups in total. The first-order chi connectivity index (χ1) is 12.9. The molecule has 0 bridgehead atoms. The minimum Gasteiger partial charge on any atom is -0.487 e. The molecule has 2 rings (SSSR count). The molecule has 0 saturated heterocycles. The Morgan fingerprint density at radius 1 is 1.46 bits per heavy atom. The summed E-state index contributed by atoms with van der Waals surface area (Å²) >= 11 is 0. The standard InChI is InChI=1S/C17H19F3N2O5S/c1-3-11-13(27-9-17(19,20)6-7-28(24,25)26)5-4-12(15(11)18)16-10(2)8-14(23)21-22-16/h3-5,10H,1,6-9H2,2H3,(H,21,23)(H,24,25,26). The van der Waals surface area contributed by atoms with E-state index >= 15 is 0 Å². The van der Waals surface area contributed by atoms with E-state index in [0.29, 0.717) is 5.71 Å². The van der Waals surface area contributed by atoms with Crippen molar-refractivity contribution in [3.63, 3.8) is 0 Å². The first kappa shape index (κ1) is 21.9. The van der Waals surface area contributed by atoms with Crippen LogP contribution in [0.4, 0.5) is 13.2 Å². The molecular weight excluding hydrogens is 401 g/mol. The molecule has 1 atom stereocenters. The van der Waals surface area contributed by atoms with Gasteiger partial charge in [0, 0.05) is 24.3 Å². The van der Waals surface area contributed by atoms with Gasteiger partial charge in [-0.25, -0.2) is 18.6 Å². The molecule has 1 aliphatic rings. The molecule has 0 aliphatic carbocycles. The van der Waals surface area contributed by atoms with Gasteiger partial charge < -0.3 is 4.74 Å². The molecular formula is C17H19F3N2O5S. The van der Waals surface area contributed by atoms with Gasteiger partial charge in [0.15, 0.2) is 6.61 Å². The molecule has 28 heavy (non-hydrogen) atoms. The Morgan fingerprint density at radius 3 is 2.71 bits per heavy atom.